The minimum atomic E-state index is -1.22. The Hall–Kier alpha value is -3.55. The predicted molar refractivity (Wildman–Crippen MR) is 108 cm³/mol. The third-order valence-electron chi connectivity index (χ3n) is 4.39. The van der Waals surface area contributed by atoms with Crippen LogP contribution in [-0.2, 0) is 9.53 Å². The summed E-state index contributed by atoms with van der Waals surface area (Å²) in [5, 5.41) is 17.7. The summed E-state index contributed by atoms with van der Waals surface area (Å²) < 4.78 is 10.8. The number of nitrogens with zero attached hydrogens (tertiary/aromatic N) is 1. The number of carbonyl (C=O) groups is 1. The number of para-hydroxylation sites is 1. The number of benzene rings is 2. The number of hydrogen-bond acceptors (Lipinski definition) is 7. The summed E-state index contributed by atoms with van der Waals surface area (Å²) in [6.07, 6.45) is 1.31. The molecule has 0 saturated carbocycles. The number of rotatable bonds is 8. The monoisotopic (exact) mass is 397 g/mol. The van der Waals surface area contributed by atoms with Gasteiger partial charge in [-0.3, -0.25) is 10.1 Å². The molecule has 2 aromatic rings. The number of anilines is 1. The van der Waals surface area contributed by atoms with Crippen molar-refractivity contribution in [3.8, 4) is 11.5 Å². The maximum atomic E-state index is 12.5. The van der Waals surface area contributed by atoms with Gasteiger partial charge in [-0.05, 0) is 56.2 Å². The Balaban J connectivity index is 1.81. The van der Waals surface area contributed by atoms with Crippen molar-refractivity contribution in [3.05, 3.63) is 76.1 Å². The molecule has 0 amide bonds. The maximum absolute atomic E-state index is 12.5. The average molecular weight is 397 g/mol. The minimum absolute atomic E-state index is 0.134. The summed E-state index contributed by atoms with van der Waals surface area (Å²) in [6, 6.07) is 15.0. The Kier molecular flexibility index (Phi) is 6.67. The first-order valence-corrected chi connectivity index (χ1v) is 9.46. The Morgan fingerprint density at radius 3 is 2.45 bits per heavy atom. The molecule has 1 aliphatic heterocycles. The zero-order valence-electron chi connectivity index (χ0n) is 16.1. The highest BCUT2D eigenvalue weighted by atomic mass is 16.6. The van der Waals surface area contributed by atoms with Gasteiger partial charge in [-0.25, -0.2) is 4.79 Å². The van der Waals surface area contributed by atoms with E-state index >= 15 is 0 Å². The van der Waals surface area contributed by atoms with E-state index in [4.69, 9.17) is 9.47 Å². The fourth-order valence-corrected chi connectivity index (χ4v) is 3.08. The third kappa shape index (κ3) is 5.25. The van der Waals surface area contributed by atoms with Crippen molar-refractivity contribution in [1.29, 1.82) is 0 Å². The molecule has 8 nitrogen and oxygen atoms in total. The first-order valence-electron chi connectivity index (χ1n) is 9.46. The van der Waals surface area contributed by atoms with Gasteiger partial charge in [0.05, 0.1) is 17.2 Å². The van der Waals surface area contributed by atoms with Gasteiger partial charge >= 0.3 is 5.97 Å². The van der Waals surface area contributed by atoms with Gasteiger partial charge in [0.15, 0.2) is 0 Å². The second kappa shape index (κ2) is 9.59. The van der Waals surface area contributed by atoms with Crippen LogP contribution in [0.15, 0.2) is 66.0 Å². The topological polar surface area (TPSA) is 103 Å². The molecule has 0 spiro atoms. The molecular formula is C21H23N3O5. The van der Waals surface area contributed by atoms with Crippen LogP contribution in [0, 0.1) is 10.1 Å². The second-order valence-electron chi connectivity index (χ2n) is 6.42. The molecule has 152 valence electrons. The summed E-state index contributed by atoms with van der Waals surface area (Å²) in [7, 11) is 0. The van der Waals surface area contributed by atoms with Gasteiger partial charge in [-0.2, -0.15) is 0 Å². The number of carbonyl (C=O) groups excluding carboxylic acids is 1. The van der Waals surface area contributed by atoms with Crippen LogP contribution in [-0.4, -0.2) is 30.1 Å². The molecule has 2 N–H and O–H groups in total. The number of ether oxygens (including phenoxy) is 2. The van der Waals surface area contributed by atoms with E-state index in [9.17, 15) is 14.9 Å². The normalized spacial score (nSPS) is 15.8. The Bertz CT molecular complexity index is 873. The van der Waals surface area contributed by atoms with Crippen molar-refractivity contribution >= 4 is 11.7 Å². The lowest BCUT2D eigenvalue weighted by Crippen LogP contribution is -2.38. The molecule has 8 heteroatoms. The van der Waals surface area contributed by atoms with Gasteiger partial charge in [-0.1, -0.05) is 18.2 Å². The molecule has 1 saturated heterocycles. The molecule has 1 atom stereocenters. The number of nitrogens with one attached hydrogen (secondary N) is 2. The molecule has 0 bridgehead atoms. The van der Waals surface area contributed by atoms with E-state index in [2.05, 4.69) is 10.6 Å². The number of nitro groups is 1. The largest absolute Gasteiger partial charge is 0.464 e. The van der Waals surface area contributed by atoms with E-state index in [0.29, 0.717) is 35.8 Å². The molecule has 29 heavy (non-hydrogen) atoms. The quantitative estimate of drug-likeness (QED) is 0.398. The number of hydrogen-bond donors (Lipinski definition) is 2. The number of allylic oxidation sites excluding steroid dienone is 1. The smallest absolute Gasteiger partial charge is 0.340 e. The summed E-state index contributed by atoms with van der Waals surface area (Å²) in [4.78, 5) is 23.7. The standard InChI is InChI=1S/C21H23N3O5/c1-2-28-21(25)19(20(24(26)27)18-9-6-14-22-18)23-15-10-12-17(13-11-15)29-16-7-4-3-5-8-16/h3-5,7-8,10-13,19,22-23H,2,6,9,14H2,1H3/b20-18-. The molecule has 2 aromatic carbocycles. The molecule has 0 aliphatic carbocycles. The highest BCUT2D eigenvalue weighted by molar-refractivity contribution is 5.82. The first kappa shape index (κ1) is 20.2. The van der Waals surface area contributed by atoms with Crippen LogP contribution in [0.4, 0.5) is 5.69 Å². The van der Waals surface area contributed by atoms with Crippen LogP contribution in [0.1, 0.15) is 19.8 Å². The van der Waals surface area contributed by atoms with Gasteiger partial charge in [0, 0.05) is 12.2 Å². The van der Waals surface area contributed by atoms with Crippen LogP contribution in [0.3, 0.4) is 0 Å². The maximum Gasteiger partial charge on any atom is 0.340 e. The Morgan fingerprint density at radius 1 is 1.17 bits per heavy atom. The summed E-state index contributed by atoms with van der Waals surface area (Å²) >= 11 is 0. The van der Waals surface area contributed by atoms with E-state index in [0.717, 1.165) is 6.42 Å². The van der Waals surface area contributed by atoms with E-state index in [-0.39, 0.29) is 12.3 Å². The van der Waals surface area contributed by atoms with E-state index < -0.39 is 16.9 Å². The summed E-state index contributed by atoms with van der Waals surface area (Å²) in [5.41, 5.74) is 0.802. The number of esters is 1. The molecule has 1 heterocycles. The third-order valence-corrected chi connectivity index (χ3v) is 4.39. The summed E-state index contributed by atoms with van der Waals surface area (Å²) in [6.45, 7) is 2.44. The van der Waals surface area contributed by atoms with Crippen molar-refractivity contribution in [3.63, 3.8) is 0 Å². The van der Waals surface area contributed by atoms with Crippen molar-refractivity contribution < 1.29 is 19.2 Å². The van der Waals surface area contributed by atoms with Crippen molar-refractivity contribution in [2.75, 3.05) is 18.5 Å². The predicted octanol–water partition coefficient (Wildman–Crippen LogP) is 3.69. The highest BCUT2D eigenvalue weighted by Gasteiger charge is 2.37. The van der Waals surface area contributed by atoms with Gasteiger partial charge in [-0.15, -0.1) is 0 Å². The van der Waals surface area contributed by atoms with Gasteiger partial charge < -0.3 is 20.1 Å². The zero-order valence-corrected chi connectivity index (χ0v) is 16.1. The summed E-state index contributed by atoms with van der Waals surface area (Å²) in [5.74, 6) is 0.620. The molecular weight excluding hydrogens is 374 g/mol. The fraction of sp³-hybridized carbons (Fsp3) is 0.286. The van der Waals surface area contributed by atoms with Crippen LogP contribution in [0.5, 0.6) is 11.5 Å². The average Bonchev–Trinajstić information content (AvgIpc) is 3.24. The molecule has 0 radical (unpaired) electrons. The zero-order chi connectivity index (χ0) is 20.6. The molecule has 1 fully saturated rings. The lowest BCUT2D eigenvalue weighted by Gasteiger charge is -2.18. The second-order valence-corrected chi connectivity index (χ2v) is 6.42. The molecule has 1 unspecified atom stereocenters. The molecule has 1 aliphatic rings. The lowest BCUT2D eigenvalue weighted by atomic mass is 10.1. The molecule has 3 rings (SSSR count). The van der Waals surface area contributed by atoms with Crippen molar-refractivity contribution in [2.45, 2.75) is 25.8 Å². The van der Waals surface area contributed by atoms with Crippen LogP contribution >= 0.6 is 0 Å². The van der Waals surface area contributed by atoms with Gasteiger partial charge in [0.2, 0.25) is 6.04 Å². The SMILES string of the molecule is CCOC(=O)C(Nc1ccc(Oc2ccccc2)cc1)/C(=C1\CCCN1)[N+](=O)[O-]. The van der Waals surface area contributed by atoms with Crippen LogP contribution in [0.2, 0.25) is 0 Å². The first-order chi connectivity index (χ1) is 14.1. The minimum Gasteiger partial charge on any atom is -0.464 e. The van der Waals surface area contributed by atoms with Crippen LogP contribution in [0.25, 0.3) is 0 Å². The Morgan fingerprint density at radius 2 is 1.86 bits per heavy atom. The Labute approximate surface area is 168 Å². The van der Waals surface area contributed by atoms with Gasteiger partial charge in [0.25, 0.3) is 5.70 Å². The van der Waals surface area contributed by atoms with Crippen LogP contribution < -0.4 is 15.4 Å². The van der Waals surface area contributed by atoms with Gasteiger partial charge in [0.1, 0.15) is 11.5 Å². The van der Waals surface area contributed by atoms with Crippen molar-refractivity contribution in [2.24, 2.45) is 0 Å². The van der Waals surface area contributed by atoms with E-state index in [1.165, 1.54) is 0 Å². The fourth-order valence-electron chi connectivity index (χ4n) is 3.08. The van der Waals surface area contributed by atoms with Crippen molar-refractivity contribution in [1.82, 2.24) is 5.32 Å². The lowest BCUT2D eigenvalue weighted by molar-refractivity contribution is -0.429. The van der Waals surface area contributed by atoms with E-state index in [1.807, 2.05) is 30.3 Å². The highest BCUT2D eigenvalue weighted by Crippen LogP contribution is 2.25. The van der Waals surface area contributed by atoms with E-state index in [1.54, 1.807) is 31.2 Å². The molecule has 0 aromatic heterocycles.